The first-order chi connectivity index (χ1) is 7.06. The average molecular weight is 344 g/mol. The maximum atomic E-state index is 12.8. The summed E-state index contributed by atoms with van der Waals surface area (Å²) in [4.78, 5) is 12.0. The molecule has 1 aromatic carbocycles. The van der Waals surface area contributed by atoms with Crippen molar-refractivity contribution in [1.82, 2.24) is 0 Å². The highest BCUT2D eigenvalue weighted by atomic mass is 127. The Hall–Kier alpha value is -0.560. The predicted octanol–water partition coefficient (Wildman–Crippen LogP) is 3.40. The summed E-state index contributed by atoms with van der Waals surface area (Å²) in [5, 5.41) is 8.83. The molecule has 0 aliphatic carbocycles. The van der Waals surface area contributed by atoms with Gasteiger partial charge >= 0.3 is 6.09 Å². The second kappa shape index (κ2) is 5.50. The quantitative estimate of drug-likeness (QED) is 0.675. The molecular weight excluding hydrogens is 335 g/mol. The van der Waals surface area contributed by atoms with E-state index in [0.717, 1.165) is 11.0 Å². The minimum absolute atomic E-state index is 0.0767. The van der Waals surface area contributed by atoms with Crippen molar-refractivity contribution in [3.8, 4) is 0 Å². The molecule has 0 spiro atoms. The Morgan fingerprint density at radius 3 is 2.73 bits per heavy atom. The van der Waals surface area contributed by atoms with Crippen molar-refractivity contribution in [1.29, 1.82) is 0 Å². The number of carbonyl (C=O) groups is 1. The van der Waals surface area contributed by atoms with Gasteiger partial charge in [0, 0.05) is 16.7 Å². The van der Waals surface area contributed by atoms with E-state index in [1.54, 1.807) is 0 Å². The lowest BCUT2D eigenvalue weighted by molar-refractivity contribution is 0.202. The highest BCUT2D eigenvalue weighted by Crippen LogP contribution is 2.22. The molecular formula is C9H8ClFINO2. The topological polar surface area (TPSA) is 40.5 Å². The summed E-state index contributed by atoms with van der Waals surface area (Å²) in [7, 11) is 0. The van der Waals surface area contributed by atoms with E-state index in [2.05, 4.69) is 22.6 Å². The number of hydrogen-bond acceptors (Lipinski definition) is 1. The fraction of sp³-hybridized carbons (Fsp3) is 0.222. The molecule has 6 heteroatoms. The van der Waals surface area contributed by atoms with Crippen LogP contribution in [0.5, 0.6) is 0 Å². The Morgan fingerprint density at radius 1 is 1.60 bits per heavy atom. The van der Waals surface area contributed by atoms with Gasteiger partial charge in [-0.15, -0.1) is 0 Å². The van der Waals surface area contributed by atoms with Crippen LogP contribution in [0.25, 0.3) is 0 Å². The smallest absolute Gasteiger partial charge is 0.411 e. The summed E-state index contributed by atoms with van der Waals surface area (Å²) in [6.07, 6.45) is -1.07. The number of benzene rings is 1. The minimum Gasteiger partial charge on any atom is -0.465 e. The summed E-state index contributed by atoms with van der Waals surface area (Å²) in [6, 6.07) is 3.85. The monoisotopic (exact) mass is 343 g/mol. The molecule has 0 heterocycles. The molecule has 15 heavy (non-hydrogen) atoms. The van der Waals surface area contributed by atoms with E-state index in [1.165, 1.54) is 12.1 Å². The summed E-state index contributed by atoms with van der Waals surface area (Å²) in [6.45, 7) is 0.345. The second-order valence-corrected chi connectivity index (χ2v) is 4.21. The van der Waals surface area contributed by atoms with Crippen molar-refractivity contribution in [3.05, 3.63) is 29.0 Å². The first kappa shape index (κ1) is 12.5. The maximum Gasteiger partial charge on any atom is 0.411 e. The van der Waals surface area contributed by atoms with Gasteiger partial charge in [-0.2, -0.15) is 0 Å². The van der Waals surface area contributed by atoms with Crippen molar-refractivity contribution < 1.29 is 14.3 Å². The van der Waals surface area contributed by atoms with Gasteiger partial charge in [0.1, 0.15) is 5.82 Å². The van der Waals surface area contributed by atoms with Crippen LogP contribution < -0.4 is 4.90 Å². The van der Waals surface area contributed by atoms with E-state index < -0.39 is 11.9 Å². The van der Waals surface area contributed by atoms with Crippen molar-refractivity contribution in [2.75, 3.05) is 15.9 Å². The Balaban J connectivity index is 3.01. The van der Waals surface area contributed by atoms with Crippen LogP contribution in [0, 0.1) is 5.82 Å². The Bertz CT molecular complexity index is 375. The van der Waals surface area contributed by atoms with Gasteiger partial charge in [0.2, 0.25) is 0 Å². The molecule has 0 bridgehead atoms. The number of rotatable bonds is 3. The van der Waals surface area contributed by atoms with E-state index in [9.17, 15) is 9.18 Å². The number of halogens is 3. The number of alkyl halides is 1. The summed E-state index contributed by atoms with van der Waals surface area (Å²) in [5.74, 6) is -0.555. The van der Waals surface area contributed by atoms with E-state index in [1.807, 2.05) is 0 Å². The van der Waals surface area contributed by atoms with Crippen LogP contribution in [0.2, 0.25) is 5.02 Å². The van der Waals surface area contributed by atoms with Crippen molar-refractivity contribution in [3.63, 3.8) is 0 Å². The molecule has 1 amide bonds. The lowest BCUT2D eigenvalue weighted by atomic mass is 10.3. The molecule has 0 saturated heterocycles. The van der Waals surface area contributed by atoms with Crippen LogP contribution in [0.4, 0.5) is 14.9 Å². The SMILES string of the molecule is O=C(O)N(CCI)c1ccc(F)c(Cl)c1. The molecule has 3 nitrogen and oxygen atoms in total. The zero-order chi connectivity index (χ0) is 11.4. The summed E-state index contributed by atoms with van der Waals surface area (Å²) >= 11 is 7.63. The van der Waals surface area contributed by atoms with Gasteiger partial charge in [-0.25, -0.2) is 9.18 Å². The highest BCUT2D eigenvalue weighted by molar-refractivity contribution is 14.1. The fourth-order valence-corrected chi connectivity index (χ4v) is 1.73. The number of anilines is 1. The van der Waals surface area contributed by atoms with Gasteiger partial charge < -0.3 is 5.11 Å². The van der Waals surface area contributed by atoms with Crippen molar-refractivity contribution >= 4 is 46.0 Å². The first-order valence-electron chi connectivity index (χ1n) is 4.07. The molecule has 0 radical (unpaired) electrons. The van der Waals surface area contributed by atoms with E-state index in [4.69, 9.17) is 16.7 Å². The first-order valence-corrected chi connectivity index (χ1v) is 5.98. The average Bonchev–Trinajstić information content (AvgIpc) is 2.18. The van der Waals surface area contributed by atoms with Crippen LogP contribution >= 0.6 is 34.2 Å². The number of carboxylic acid groups (broad SMARTS) is 1. The number of nitrogens with zero attached hydrogens (tertiary/aromatic N) is 1. The molecule has 0 aromatic heterocycles. The van der Waals surface area contributed by atoms with Crippen LogP contribution in [0.15, 0.2) is 18.2 Å². The molecule has 0 aliphatic heterocycles. The van der Waals surface area contributed by atoms with Crippen LogP contribution in [0.1, 0.15) is 0 Å². The molecule has 1 rings (SSSR count). The van der Waals surface area contributed by atoms with E-state index >= 15 is 0 Å². The number of amides is 1. The molecule has 0 fully saturated rings. The third-order valence-corrected chi connectivity index (χ3v) is 2.53. The van der Waals surface area contributed by atoms with E-state index in [0.29, 0.717) is 16.7 Å². The molecule has 0 saturated carbocycles. The fourth-order valence-electron chi connectivity index (χ4n) is 1.07. The molecule has 1 N–H and O–H groups in total. The van der Waals surface area contributed by atoms with Crippen molar-refractivity contribution in [2.45, 2.75) is 0 Å². The minimum atomic E-state index is -1.07. The molecule has 82 valence electrons. The molecule has 0 aliphatic rings. The van der Waals surface area contributed by atoms with Gasteiger partial charge in [0.15, 0.2) is 0 Å². The van der Waals surface area contributed by atoms with Crippen molar-refractivity contribution in [2.24, 2.45) is 0 Å². The lowest BCUT2D eigenvalue weighted by Crippen LogP contribution is -2.30. The van der Waals surface area contributed by atoms with Crippen LogP contribution in [0.3, 0.4) is 0 Å². The highest BCUT2D eigenvalue weighted by Gasteiger charge is 2.14. The largest absolute Gasteiger partial charge is 0.465 e. The lowest BCUT2D eigenvalue weighted by Gasteiger charge is -2.18. The van der Waals surface area contributed by atoms with Gasteiger partial charge in [0.05, 0.1) is 5.02 Å². The summed E-state index contributed by atoms with van der Waals surface area (Å²) < 4.78 is 13.5. The third-order valence-electron chi connectivity index (χ3n) is 1.75. The van der Waals surface area contributed by atoms with Gasteiger partial charge in [0.25, 0.3) is 0 Å². The third kappa shape index (κ3) is 3.20. The zero-order valence-electron chi connectivity index (χ0n) is 7.58. The molecule has 0 unspecified atom stereocenters. The Kier molecular flexibility index (Phi) is 4.59. The van der Waals surface area contributed by atoms with Gasteiger partial charge in [-0.3, -0.25) is 4.90 Å². The van der Waals surface area contributed by atoms with Gasteiger partial charge in [-0.05, 0) is 18.2 Å². The standard InChI is InChI=1S/C9H8ClFINO2/c10-7-5-6(1-2-8(7)11)13(4-3-12)9(14)15/h1-2,5H,3-4H2,(H,14,15). The Morgan fingerprint density at radius 2 is 2.27 bits per heavy atom. The number of hydrogen-bond donors (Lipinski definition) is 1. The van der Waals surface area contributed by atoms with Crippen LogP contribution in [-0.4, -0.2) is 22.2 Å². The summed E-state index contributed by atoms with van der Waals surface area (Å²) in [5.41, 5.74) is 0.380. The normalized spacial score (nSPS) is 10.1. The van der Waals surface area contributed by atoms with Gasteiger partial charge in [-0.1, -0.05) is 34.2 Å². The zero-order valence-corrected chi connectivity index (χ0v) is 10.5. The molecule has 1 aromatic rings. The predicted molar refractivity (Wildman–Crippen MR) is 65.7 cm³/mol. The van der Waals surface area contributed by atoms with Crippen LogP contribution in [-0.2, 0) is 0 Å². The van der Waals surface area contributed by atoms with E-state index in [-0.39, 0.29) is 5.02 Å². The molecule has 0 atom stereocenters. The maximum absolute atomic E-state index is 12.8. The second-order valence-electron chi connectivity index (χ2n) is 2.72. The Labute approximate surface area is 105 Å².